The van der Waals surface area contributed by atoms with E-state index in [4.69, 9.17) is 0 Å². The molecule has 23 heavy (non-hydrogen) atoms. The van der Waals surface area contributed by atoms with Crippen molar-refractivity contribution in [3.63, 3.8) is 0 Å². The molecule has 3 rings (SSSR count). The predicted octanol–water partition coefficient (Wildman–Crippen LogP) is 1.09. The number of benzene rings is 1. The molecule has 2 heterocycles. The van der Waals surface area contributed by atoms with Crippen LogP contribution in [0.2, 0.25) is 0 Å². The van der Waals surface area contributed by atoms with E-state index in [1.165, 1.54) is 10.4 Å². The minimum atomic E-state index is -3.64. The van der Waals surface area contributed by atoms with E-state index in [1.807, 2.05) is 6.92 Å². The maximum atomic E-state index is 13.0. The molecular weight excluding hydrogens is 318 g/mol. The molecule has 7 nitrogen and oxygen atoms in total. The Balaban J connectivity index is 2.18. The molecule has 124 valence electrons. The van der Waals surface area contributed by atoms with Crippen LogP contribution in [0.25, 0.3) is 11.0 Å². The number of aromatic nitrogens is 2. The number of H-pyrrole nitrogens is 2. The highest BCUT2D eigenvalue weighted by molar-refractivity contribution is 7.89. The Labute approximate surface area is 133 Å². The van der Waals surface area contributed by atoms with Gasteiger partial charge in [-0.05, 0) is 44.4 Å². The monoisotopic (exact) mass is 337 g/mol. The van der Waals surface area contributed by atoms with Crippen LogP contribution in [0.5, 0.6) is 0 Å². The van der Waals surface area contributed by atoms with Crippen LogP contribution in [0.4, 0.5) is 0 Å². The summed E-state index contributed by atoms with van der Waals surface area (Å²) in [7, 11) is -3.64. The first-order chi connectivity index (χ1) is 10.8. The molecule has 1 aliphatic rings. The van der Waals surface area contributed by atoms with Gasteiger partial charge in [-0.3, -0.25) is 9.59 Å². The number of nitrogens with zero attached hydrogens (tertiary/aromatic N) is 1. The normalized spacial score (nSPS) is 20.0. The summed E-state index contributed by atoms with van der Waals surface area (Å²) >= 11 is 0. The molecule has 2 aromatic rings. The third-order valence-corrected chi connectivity index (χ3v) is 6.50. The molecule has 1 atom stereocenters. The molecule has 1 saturated heterocycles. The minimum Gasteiger partial charge on any atom is -0.316 e. The van der Waals surface area contributed by atoms with Crippen LogP contribution < -0.4 is 11.1 Å². The molecule has 1 aromatic heterocycles. The van der Waals surface area contributed by atoms with Gasteiger partial charge in [-0.25, -0.2) is 8.42 Å². The molecule has 1 aromatic carbocycles. The second kappa shape index (κ2) is 5.61. The lowest BCUT2D eigenvalue weighted by molar-refractivity contribution is 0.268. The van der Waals surface area contributed by atoms with Crippen molar-refractivity contribution in [2.45, 2.75) is 44.0 Å². The first-order valence-electron chi connectivity index (χ1n) is 7.59. The molecule has 0 bridgehead atoms. The van der Waals surface area contributed by atoms with Crippen molar-refractivity contribution >= 4 is 21.1 Å². The molecular formula is C15H19N3O4S. The van der Waals surface area contributed by atoms with Gasteiger partial charge in [0.2, 0.25) is 10.0 Å². The number of aryl methyl sites for hydroxylation is 1. The molecule has 0 amide bonds. The van der Waals surface area contributed by atoms with Crippen LogP contribution in [0.1, 0.15) is 31.7 Å². The number of rotatable bonds is 2. The number of aromatic amines is 2. The summed E-state index contributed by atoms with van der Waals surface area (Å²) in [5.74, 6) is 0. The van der Waals surface area contributed by atoms with Crippen molar-refractivity contribution < 1.29 is 8.42 Å². The largest absolute Gasteiger partial charge is 0.316 e. The number of fused-ring (bicyclic) bond motifs is 1. The third-order valence-electron chi connectivity index (χ3n) is 4.35. The van der Waals surface area contributed by atoms with Gasteiger partial charge in [0.05, 0.1) is 15.9 Å². The maximum absolute atomic E-state index is 13.0. The average Bonchev–Trinajstić information content (AvgIpc) is 2.48. The molecule has 0 saturated carbocycles. The molecule has 1 fully saturated rings. The third kappa shape index (κ3) is 2.72. The summed E-state index contributed by atoms with van der Waals surface area (Å²) in [4.78, 5) is 27.9. The van der Waals surface area contributed by atoms with Crippen molar-refractivity contribution in [1.29, 1.82) is 0 Å². The van der Waals surface area contributed by atoms with Gasteiger partial charge < -0.3 is 9.97 Å². The predicted molar refractivity (Wildman–Crippen MR) is 87.1 cm³/mol. The van der Waals surface area contributed by atoms with Crippen LogP contribution in [0.15, 0.2) is 26.6 Å². The lowest BCUT2D eigenvalue weighted by Gasteiger charge is -2.32. The summed E-state index contributed by atoms with van der Waals surface area (Å²) in [6.07, 6.45) is 2.72. The van der Waals surface area contributed by atoms with Crippen molar-refractivity contribution in [1.82, 2.24) is 14.3 Å². The lowest BCUT2D eigenvalue weighted by atomic mass is 10.1. The van der Waals surface area contributed by atoms with Crippen molar-refractivity contribution in [2.24, 2.45) is 0 Å². The standard InChI is InChI=1S/C15H19N3O4S/c1-9-7-11-12(17-15(20)14(19)16-11)8-13(9)23(21,22)18-6-4-3-5-10(18)2/h7-8,10H,3-6H2,1-2H3,(H,16,19)(H,17,20)/t10-/m0/s1. The summed E-state index contributed by atoms with van der Waals surface area (Å²) in [6.45, 7) is 4.10. The second-order valence-electron chi connectivity index (χ2n) is 6.03. The zero-order valence-electron chi connectivity index (χ0n) is 13.0. The van der Waals surface area contributed by atoms with Gasteiger partial charge >= 0.3 is 11.1 Å². The Morgan fingerprint density at radius 3 is 2.30 bits per heavy atom. The topological polar surface area (TPSA) is 103 Å². The summed E-state index contributed by atoms with van der Waals surface area (Å²) < 4.78 is 27.5. The van der Waals surface area contributed by atoms with Gasteiger partial charge in [0, 0.05) is 12.6 Å². The van der Waals surface area contributed by atoms with Gasteiger partial charge in [-0.1, -0.05) is 6.42 Å². The van der Waals surface area contributed by atoms with Crippen LogP contribution in [-0.2, 0) is 10.0 Å². The molecule has 2 N–H and O–H groups in total. The SMILES string of the molecule is Cc1cc2[nH]c(=O)c(=O)[nH]c2cc1S(=O)(=O)N1CCCC[C@@H]1C. The van der Waals surface area contributed by atoms with Gasteiger partial charge in [0.25, 0.3) is 0 Å². The summed E-state index contributed by atoms with van der Waals surface area (Å²) in [5, 5.41) is 0. The van der Waals surface area contributed by atoms with Crippen molar-refractivity contribution in [3.05, 3.63) is 38.4 Å². The molecule has 0 unspecified atom stereocenters. The Hall–Kier alpha value is -1.93. The van der Waals surface area contributed by atoms with E-state index < -0.39 is 21.1 Å². The number of nitrogens with one attached hydrogen (secondary N) is 2. The van der Waals surface area contributed by atoms with E-state index in [9.17, 15) is 18.0 Å². The van der Waals surface area contributed by atoms with Crippen LogP contribution in [0, 0.1) is 6.92 Å². The Bertz CT molecular complexity index is 974. The zero-order valence-corrected chi connectivity index (χ0v) is 13.9. The fraction of sp³-hybridized carbons (Fsp3) is 0.467. The second-order valence-corrected chi connectivity index (χ2v) is 7.89. The number of sulfonamides is 1. The fourth-order valence-corrected chi connectivity index (χ4v) is 5.02. The van der Waals surface area contributed by atoms with Crippen LogP contribution >= 0.6 is 0 Å². The molecule has 0 spiro atoms. The fourth-order valence-electron chi connectivity index (χ4n) is 3.09. The number of piperidine rings is 1. The quantitative estimate of drug-likeness (QED) is 0.801. The van der Waals surface area contributed by atoms with Crippen molar-refractivity contribution in [3.8, 4) is 0 Å². The van der Waals surface area contributed by atoms with Gasteiger partial charge in [-0.15, -0.1) is 0 Å². The summed E-state index contributed by atoms with van der Waals surface area (Å²) in [5.41, 5.74) is -0.285. The first-order valence-corrected chi connectivity index (χ1v) is 9.03. The molecule has 0 aliphatic carbocycles. The highest BCUT2D eigenvalue weighted by Crippen LogP contribution is 2.28. The van der Waals surface area contributed by atoms with Crippen LogP contribution in [-0.4, -0.2) is 35.3 Å². The van der Waals surface area contributed by atoms with Crippen LogP contribution in [0.3, 0.4) is 0 Å². The van der Waals surface area contributed by atoms with E-state index in [2.05, 4.69) is 9.97 Å². The van der Waals surface area contributed by atoms with E-state index in [1.54, 1.807) is 13.0 Å². The highest BCUT2D eigenvalue weighted by Gasteiger charge is 2.32. The smallest absolute Gasteiger partial charge is 0.314 e. The number of hydrogen-bond donors (Lipinski definition) is 2. The summed E-state index contributed by atoms with van der Waals surface area (Å²) in [6, 6.07) is 2.96. The van der Waals surface area contributed by atoms with Crippen molar-refractivity contribution in [2.75, 3.05) is 6.54 Å². The lowest BCUT2D eigenvalue weighted by Crippen LogP contribution is -2.42. The minimum absolute atomic E-state index is 0.0431. The number of hydrogen-bond acceptors (Lipinski definition) is 4. The van der Waals surface area contributed by atoms with Gasteiger partial charge in [-0.2, -0.15) is 4.31 Å². The van der Waals surface area contributed by atoms with Gasteiger partial charge in [0.15, 0.2) is 0 Å². The maximum Gasteiger partial charge on any atom is 0.314 e. The Morgan fingerprint density at radius 1 is 1.09 bits per heavy atom. The molecule has 1 aliphatic heterocycles. The van der Waals surface area contributed by atoms with E-state index in [-0.39, 0.29) is 10.9 Å². The molecule has 8 heteroatoms. The Kier molecular flexibility index (Phi) is 3.89. The highest BCUT2D eigenvalue weighted by atomic mass is 32.2. The molecule has 0 radical (unpaired) electrons. The zero-order chi connectivity index (χ0) is 16.8. The first kappa shape index (κ1) is 15.9. The van der Waals surface area contributed by atoms with E-state index in [0.29, 0.717) is 23.1 Å². The van der Waals surface area contributed by atoms with Gasteiger partial charge in [0.1, 0.15) is 0 Å². The average molecular weight is 337 g/mol. The van der Waals surface area contributed by atoms with E-state index in [0.717, 1.165) is 19.3 Å². The Morgan fingerprint density at radius 2 is 1.70 bits per heavy atom. The van der Waals surface area contributed by atoms with E-state index >= 15 is 0 Å².